The molecule has 0 aliphatic carbocycles. The summed E-state index contributed by atoms with van der Waals surface area (Å²) in [5.41, 5.74) is 1.48. The summed E-state index contributed by atoms with van der Waals surface area (Å²) in [5.74, 6) is -0.0923. The molecule has 3 heteroatoms. The maximum Gasteiger partial charge on any atom is 0.335 e. The quantitative estimate of drug-likeness (QED) is 0.872. The molecule has 0 spiro atoms. The zero-order chi connectivity index (χ0) is 12.3. The number of carboxylic acid groups (broad SMARTS) is 1. The molecule has 0 unspecified atom stereocenters. The molecule has 0 bridgehead atoms. The highest BCUT2D eigenvalue weighted by atomic mass is 16.4. The van der Waals surface area contributed by atoms with E-state index in [0.717, 1.165) is 31.1 Å². The second-order valence-corrected chi connectivity index (χ2v) is 4.99. The summed E-state index contributed by atoms with van der Waals surface area (Å²) >= 11 is 0. The Kier molecular flexibility index (Phi) is 3.79. The molecule has 2 rings (SSSR count). The lowest BCUT2D eigenvalue weighted by Gasteiger charge is -2.30. The first-order valence-electron chi connectivity index (χ1n) is 6.20. The van der Waals surface area contributed by atoms with E-state index in [1.54, 1.807) is 12.1 Å². The second kappa shape index (κ2) is 5.32. The highest BCUT2D eigenvalue weighted by Crippen LogP contribution is 2.18. The molecule has 1 heterocycles. The standard InChI is InChI=1S/C14H19NO2/c1-11-4-3-7-15(9-11)10-12-5-2-6-13(8-12)14(16)17/h2,5-6,8,11H,3-4,7,9-10H2,1H3,(H,16,17)/t11-/m0/s1. The molecular formula is C14H19NO2. The lowest BCUT2D eigenvalue weighted by Crippen LogP contribution is -2.33. The molecule has 92 valence electrons. The number of piperidine rings is 1. The summed E-state index contributed by atoms with van der Waals surface area (Å²) in [6.07, 6.45) is 2.56. The third-order valence-corrected chi connectivity index (χ3v) is 3.32. The van der Waals surface area contributed by atoms with E-state index in [1.807, 2.05) is 12.1 Å². The molecule has 17 heavy (non-hydrogen) atoms. The molecule has 1 aliphatic rings. The molecule has 1 fully saturated rings. The number of rotatable bonds is 3. The van der Waals surface area contributed by atoms with Crippen molar-refractivity contribution in [1.82, 2.24) is 4.90 Å². The molecule has 0 aromatic heterocycles. The van der Waals surface area contributed by atoms with E-state index < -0.39 is 5.97 Å². The predicted molar refractivity (Wildman–Crippen MR) is 67.1 cm³/mol. The predicted octanol–water partition coefficient (Wildman–Crippen LogP) is 2.62. The van der Waals surface area contributed by atoms with Crippen molar-refractivity contribution in [2.24, 2.45) is 5.92 Å². The summed E-state index contributed by atoms with van der Waals surface area (Å²) in [4.78, 5) is 13.3. The van der Waals surface area contributed by atoms with E-state index in [4.69, 9.17) is 5.11 Å². The lowest BCUT2D eigenvalue weighted by atomic mass is 9.99. The average molecular weight is 233 g/mol. The van der Waals surface area contributed by atoms with Gasteiger partial charge in [0.25, 0.3) is 0 Å². The van der Waals surface area contributed by atoms with Crippen LogP contribution in [0.4, 0.5) is 0 Å². The zero-order valence-corrected chi connectivity index (χ0v) is 10.2. The van der Waals surface area contributed by atoms with Crippen LogP contribution in [-0.4, -0.2) is 29.1 Å². The number of aromatic carboxylic acids is 1. The number of carboxylic acids is 1. The number of likely N-dealkylation sites (tertiary alicyclic amines) is 1. The van der Waals surface area contributed by atoms with Gasteiger partial charge in [0.2, 0.25) is 0 Å². The van der Waals surface area contributed by atoms with Gasteiger partial charge in [-0.05, 0) is 43.0 Å². The maximum absolute atomic E-state index is 10.9. The van der Waals surface area contributed by atoms with Gasteiger partial charge >= 0.3 is 5.97 Å². The molecule has 1 aromatic carbocycles. The molecule has 0 amide bonds. The first-order chi connectivity index (χ1) is 8.15. The van der Waals surface area contributed by atoms with Crippen molar-refractivity contribution < 1.29 is 9.90 Å². The minimum atomic E-state index is -0.848. The second-order valence-electron chi connectivity index (χ2n) is 4.99. The maximum atomic E-state index is 10.9. The van der Waals surface area contributed by atoms with Crippen LogP contribution in [0.2, 0.25) is 0 Å². The fraction of sp³-hybridized carbons (Fsp3) is 0.500. The Morgan fingerprint density at radius 2 is 2.35 bits per heavy atom. The monoisotopic (exact) mass is 233 g/mol. The number of nitrogens with zero attached hydrogens (tertiary/aromatic N) is 1. The van der Waals surface area contributed by atoms with E-state index in [9.17, 15) is 4.79 Å². The van der Waals surface area contributed by atoms with Crippen molar-refractivity contribution >= 4 is 5.97 Å². The van der Waals surface area contributed by atoms with Crippen LogP contribution in [0.1, 0.15) is 35.7 Å². The molecule has 1 saturated heterocycles. The molecule has 1 aliphatic heterocycles. The van der Waals surface area contributed by atoms with Gasteiger partial charge in [-0.3, -0.25) is 4.90 Å². The molecule has 0 radical (unpaired) electrons. The normalized spacial score (nSPS) is 21.4. The van der Waals surface area contributed by atoms with Gasteiger partial charge in [0.1, 0.15) is 0 Å². The van der Waals surface area contributed by atoms with Gasteiger partial charge in [-0.25, -0.2) is 4.79 Å². The van der Waals surface area contributed by atoms with Crippen LogP contribution in [0.5, 0.6) is 0 Å². The Balaban J connectivity index is 2.02. The van der Waals surface area contributed by atoms with Crippen LogP contribution in [0, 0.1) is 5.92 Å². The smallest absolute Gasteiger partial charge is 0.335 e. The van der Waals surface area contributed by atoms with E-state index in [0.29, 0.717) is 5.56 Å². The largest absolute Gasteiger partial charge is 0.478 e. The van der Waals surface area contributed by atoms with Gasteiger partial charge in [0.15, 0.2) is 0 Å². The Bertz CT molecular complexity index is 403. The van der Waals surface area contributed by atoms with Gasteiger partial charge in [-0.15, -0.1) is 0 Å². The summed E-state index contributed by atoms with van der Waals surface area (Å²) < 4.78 is 0. The highest BCUT2D eigenvalue weighted by molar-refractivity contribution is 5.87. The van der Waals surface area contributed by atoms with Gasteiger partial charge in [0.05, 0.1) is 5.56 Å². The van der Waals surface area contributed by atoms with Crippen molar-refractivity contribution in [2.45, 2.75) is 26.3 Å². The molecule has 1 atom stereocenters. The first kappa shape index (κ1) is 12.1. The summed E-state index contributed by atoms with van der Waals surface area (Å²) in [7, 11) is 0. The highest BCUT2D eigenvalue weighted by Gasteiger charge is 2.16. The van der Waals surface area contributed by atoms with E-state index in [1.165, 1.54) is 12.8 Å². The molecule has 0 saturated carbocycles. The summed E-state index contributed by atoms with van der Waals surface area (Å²) in [6, 6.07) is 7.25. The average Bonchev–Trinajstić information content (AvgIpc) is 2.29. The van der Waals surface area contributed by atoms with Crippen LogP contribution >= 0.6 is 0 Å². The molecule has 3 nitrogen and oxygen atoms in total. The van der Waals surface area contributed by atoms with Crippen molar-refractivity contribution in [2.75, 3.05) is 13.1 Å². The van der Waals surface area contributed by atoms with E-state index in [-0.39, 0.29) is 0 Å². The topological polar surface area (TPSA) is 40.5 Å². The van der Waals surface area contributed by atoms with Crippen LogP contribution in [0.15, 0.2) is 24.3 Å². The number of hydrogen-bond acceptors (Lipinski definition) is 2. The van der Waals surface area contributed by atoms with Crippen molar-refractivity contribution in [3.05, 3.63) is 35.4 Å². The van der Waals surface area contributed by atoms with Crippen LogP contribution in [-0.2, 0) is 6.54 Å². The van der Waals surface area contributed by atoms with Crippen molar-refractivity contribution in [3.8, 4) is 0 Å². The minimum Gasteiger partial charge on any atom is -0.478 e. The van der Waals surface area contributed by atoms with Gasteiger partial charge < -0.3 is 5.11 Å². The van der Waals surface area contributed by atoms with E-state index >= 15 is 0 Å². The van der Waals surface area contributed by atoms with Gasteiger partial charge in [0, 0.05) is 13.1 Å². The van der Waals surface area contributed by atoms with Gasteiger partial charge in [-0.2, -0.15) is 0 Å². The molecule has 1 N–H and O–H groups in total. The Morgan fingerprint density at radius 1 is 1.53 bits per heavy atom. The zero-order valence-electron chi connectivity index (χ0n) is 10.2. The van der Waals surface area contributed by atoms with Crippen molar-refractivity contribution in [1.29, 1.82) is 0 Å². The van der Waals surface area contributed by atoms with Crippen LogP contribution in [0.25, 0.3) is 0 Å². The van der Waals surface area contributed by atoms with E-state index in [2.05, 4.69) is 11.8 Å². The Morgan fingerprint density at radius 3 is 3.06 bits per heavy atom. The van der Waals surface area contributed by atoms with Gasteiger partial charge in [-0.1, -0.05) is 19.1 Å². The third kappa shape index (κ3) is 3.30. The summed E-state index contributed by atoms with van der Waals surface area (Å²) in [5, 5.41) is 8.94. The summed E-state index contributed by atoms with van der Waals surface area (Å²) in [6.45, 7) is 5.39. The van der Waals surface area contributed by atoms with Crippen molar-refractivity contribution in [3.63, 3.8) is 0 Å². The first-order valence-corrected chi connectivity index (χ1v) is 6.20. The lowest BCUT2D eigenvalue weighted by molar-refractivity contribution is 0.0696. The fourth-order valence-corrected chi connectivity index (χ4v) is 2.49. The SMILES string of the molecule is C[C@H]1CCCN(Cc2cccc(C(=O)O)c2)C1. The molecular weight excluding hydrogens is 214 g/mol. The van der Waals surface area contributed by atoms with Crippen LogP contribution < -0.4 is 0 Å². The third-order valence-electron chi connectivity index (χ3n) is 3.32. The number of hydrogen-bond donors (Lipinski definition) is 1. The minimum absolute atomic E-state index is 0.382. The number of carbonyl (C=O) groups is 1. The fourth-order valence-electron chi connectivity index (χ4n) is 2.49. The van der Waals surface area contributed by atoms with Crippen LogP contribution in [0.3, 0.4) is 0 Å². The molecule has 1 aromatic rings. The Labute approximate surface area is 102 Å². The number of benzene rings is 1. The Hall–Kier alpha value is -1.35.